The van der Waals surface area contributed by atoms with Crippen molar-refractivity contribution in [2.75, 3.05) is 13.1 Å². The van der Waals surface area contributed by atoms with Crippen molar-refractivity contribution in [2.24, 2.45) is 7.05 Å². The quantitative estimate of drug-likeness (QED) is 0.826. The number of sulfonamides is 1. The molecule has 1 N–H and O–H groups in total. The molecule has 3 rings (SSSR count). The van der Waals surface area contributed by atoms with Crippen LogP contribution < -0.4 is 5.32 Å². The van der Waals surface area contributed by atoms with Gasteiger partial charge in [-0.2, -0.15) is 4.31 Å². The lowest BCUT2D eigenvalue weighted by Crippen LogP contribution is -2.32. The number of amides is 1. The van der Waals surface area contributed by atoms with Crippen molar-refractivity contribution in [1.29, 1.82) is 0 Å². The van der Waals surface area contributed by atoms with E-state index in [-0.39, 0.29) is 16.8 Å². The van der Waals surface area contributed by atoms with E-state index in [0.717, 1.165) is 24.8 Å². The summed E-state index contributed by atoms with van der Waals surface area (Å²) in [6, 6.07) is 9.59. The number of benzene rings is 1. The molecule has 0 spiro atoms. The first-order valence-corrected chi connectivity index (χ1v) is 10.9. The van der Waals surface area contributed by atoms with Gasteiger partial charge in [-0.15, -0.1) is 0 Å². The number of carbonyl (C=O) groups is 1. The fourth-order valence-electron chi connectivity index (χ4n) is 3.75. The Morgan fingerprint density at radius 1 is 1.26 bits per heavy atom. The molecule has 1 heterocycles. The van der Waals surface area contributed by atoms with Crippen LogP contribution in [0, 0.1) is 0 Å². The van der Waals surface area contributed by atoms with Crippen molar-refractivity contribution >= 4 is 15.9 Å². The first-order valence-electron chi connectivity index (χ1n) is 9.43. The van der Waals surface area contributed by atoms with Crippen LogP contribution >= 0.6 is 0 Å². The molecule has 0 saturated heterocycles. The van der Waals surface area contributed by atoms with Crippen LogP contribution in [0.4, 0.5) is 0 Å². The van der Waals surface area contributed by atoms with E-state index in [1.165, 1.54) is 22.1 Å². The Balaban J connectivity index is 1.84. The molecule has 1 aromatic heterocycles. The number of carbonyl (C=O) groups excluding carboxylic acids is 1. The van der Waals surface area contributed by atoms with E-state index in [4.69, 9.17) is 0 Å². The summed E-state index contributed by atoms with van der Waals surface area (Å²) in [6.07, 6.45) is 4.45. The normalized spacial score (nSPS) is 17.0. The molecule has 7 heteroatoms. The summed E-state index contributed by atoms with van der Waals surface area (Å²) in [5.74, 6) is -0.250. The molecule has 1 amide bonds. The van der Waals surface area contributed by atoms with Gasteiger partial charge < -0.3 is 9.88 Å². The maximum absolute atomic E-state index is 12.9. The number of aromatic nitrogens is 1. The van der Waals surface area contributed by atoms with Crippen molar-refractivity contribution in [3.63, 3.8) is 0 Å². The summed E-state index contributed by atoms with van der Waals surface area (Å²) >= 11 is 0. The molecular formula is C20H27N3O3S. The van der Waals surface area contributed by atoms with Crippen LogP contribution in [0.3, 0.4) is 0 Å². The number of aryl methyl sites for hydroxylation is 2. The highest BCUT2D eigenvalue weighted by Gasteiger charge is 2.27. The number of nitrogens with zero attached hydrogens (tertiary/aromatic N) is 2. The van der Waals surface area contributed by atoms with E-state index in [0.29, 0.717) is 18.8 Å². The second-order valence-electron chi connectivity index (χ2n) is 6.88. The zero-order valence-electron chi connectivity index (χ0n) is 16.1. The molecule has 2 aromatic rings. The van der Waals surface area contributed by atoms with Gasteiger partial charge in [0.05, 0.1) is 6.04 Å². The molecule has 0 fully saturated rings. The minimum atomic E-state index is -3.59. The number of rotatable bonds is 6. The van der Waals surface area contributed by atoms with Gasteiger partial charge in [0.15, 0.2) is 0 Å². The highest BCUT2D eigenvalue weighted by molar-refractivity contribution is 7.89. The van der Waals surface area contributed by atoms with Crippen LogP contribution in [0.2, 0.25) is 0 Å². The van der Waals surface area contributed by atoms with Crippen molar-refractivity contribution in [3.05, 3.63) is 53.3 Å². The van der Waals surface area contributed by atoms with Crippen LogP contribution in [0.15, 0.2) is 41.4 Å². The minimum absolute atomic E-state index is 0.0415. The largest absolute Gasteiger partial charge is 0.345 e. The Labute approximate surface area is 161 Å². The Kier molecular flexibility index (Phi) is 5.72. The van der Waals surface area contributed by atoms with E-state index >= 15 is 0 Å². The van der Waals surface area contributed by atoms with Crippen molar-refractivity contribution in [2.45, 2.75) is 44.0 Å². The van der Waals surface area contributed by atoms with Crippen LogP contribution in [0.1, 0.15) is 54.3 Å². The van der Waals surface area contributed by atoms with E-state index in [1.807, 2.05) is 12.1 Å². The predicted octanol–water partition coefficient (Wildman–Crippen LogP) is 2.86. The standard InChI is InChI=1S/C20H27N3O3S/c1-4-23(5-2)27(25,26)16-13-19(22(3)14-16)20(24)21-18-12-8-10-15-9-6-7-11-17(15)18/h6-7,9,11,13-14,18H,4-5,8,10,12H2,1-3H3,(H,21,24)/t18-/m0/s1. The molecular weight excluding hydrogens is 362 g/mol. The number of hydrogen-bond donors (Lipinski definition) is 1. The lowest BCUT2D eigenvalue weighted by atomic mass is 9.87. The number of nitrogens with one attached hydrogen (secondary N) is 1. The average molecular weight is 390 g/mol. The lowest BCUT2D eigenvalue weighted by Gasteiger charge is -2.26. The monoisotopic (exact) mass is 389 g/mol. The molecule has 0 aliphatic heterocycles. The summed E-state index contributed by atoms with van der Waals surface area (Å²) in [4.78, 5) is 13.0. The lowest BCUT2D eigenvalue weighted by molar-refractivity contribution is 0.0924. The fourth-order valence-corrected chi connectivity index (χ4v) is 5.28. The Bertz CT molecular complexity index is 930. The Hall–Kier alpha value is -2.12. The number of fused-ring (bicyclic) bond motifs is 1. The molecule has 27 heavy (non-hydrogen) atoms. The Morgan fingerprint density at radius 2 is 1.96 bits per heavy atom. The van der Waals surface area contributed by atoms with Gasteiger partial charge >= 0.3 is 0 Å². The van der Waals surface area contributed by atoms with Gasteiger partial charge in [-0.05, 0) is 36.5 Å². The van der Waals surface area contributed by atoms with Gasteiger partial charge in [0.25, 0.3) is 5.91 Å². The topological polar surface area (TPSA) is 71.4 Å². The highest BCUT2D eigenvalue weighted by Crippen LogP contribution is 2.30. The fraction of sp³-hybridized carbons (Fsp3) is 0.450. The third-order valence-electron chi connectivity index (χ3n) is 5.23. The first kappa shape index (κ1) is 19.6. The zero-order valence-corrected chi connectivity index (χ0v) is 16.9. The van der Waals surface area contributed by atoms with E-state index in [9.17, 15) is 13.2 Å². The molecule has 1 aliphatic rings. The van der Waals surface area contributed by atoms with Crippen molar-refractivity contribution in [3.8, 4) is 0 Å². The van der Waals surface area contributed by atoms with Gasteiger partial charge in [0.2, 0.25) is 10.0 Å². The smallest absolute Gasteiger partial charge is 0.268 e. The third kappa shape index (κ3) is 3.80. The van der Waals surface area contributed by atoms with Gasteiger partial charge in [0.1, 0.15) is 10.6 Å². The highest BCUT2D eigenvalue weighted by atomic mass is 32.2. The average Bonchev–Trinajstić information content (AvgIpc) is 3.05. The summed E-state index contributed by atoms with van der Waals surface area (Å²) in [7, 11) is -1.89. The summed E-state index contributed by atoms with van der Waals surface area (Å²) in [6.45, 7) is 4.40. The summed E-state index contributed by atoms with van der Waals surface area (Å²) < 4.78 is 28.4. The zero-order chi connectivity index (χ0) is 19.6. The SMILES string of the molecule is CCN(CC)S(=O)(=O)c1cc(C(=O)N[C@H]2CCCc3ccccc32)n(C)c1. The molecule has 6 nitrogen and oxygen atoms in total. The maximum Gasteiger partial charge on any atom is 0.268 e. The molecule has 1 aromatic carbocycles. The molecule has 1 aliphatic carbocycles. The summed E-state index contributed by atoms with van der Waals surface area (Å²) in [5.41, 5.74) is 2.77. The van der Waals surface area contributed by atoms with Crippen molar-refractivity contribution < 1.29 is 13.2 Å². The molecule has 0 radical (unpaired) electrons. The van der Waals surface area contributed by atoms with Gasteiger partial charge in [-0.25, -0.2) is 8.42 Å². The molecule has 0 unspecified atom stereocenters. The second kappa shape index (κ2) is 7.86. The van der Waals surface area contributed by atoms with Gasteiger partial charge in [0, 0.05) is 26.3 Å². The van der Waals surface area contributed by atoms with Crippen LogP contribution in [-0.4, -0.2) is 36.3 Å². The predicted molar refractivity (Wildman–Crippen MR) is 105 cm³/mol. The second-order valence-corrected chi connectivity index (χ2v) is 8.82. The van der Waals surface area contributed by atoms with Crippen molar-refractivity contribution in [1.82, 2.24) is 14.2 Å². The summed E-state index contributed by atoms with van der Waals surface area (Å²) in [5, 5.41) is 3.09. The third-order valence-corrected chi connectivity index (χ3v) is 7.25. The Morgan fingerprint density at radius 3 is 2.67 bits per heavy atom. The van der Waals surface area contributed by atoms with Gasteiger partial charge in [-0.3, -0.25) is 4.79 Å². The molecule has 0 saturated carbocycles. The van der Waals surface area contributed by atoms with Crippen LogP contribution in [-0.2, 0) is 23.5 Å². The molecule has 146 valence electrons. The van der Waals surface area contributed by atoms with E-state index < -0.39 is 10.0 Å². The van der Waals surface area contributed by atoms with Crippen LogP contribution in [0.5, 0.6) is 0 Å². The maximum atomic E-state index is 12.9. The minimum Gasteiger partial charge on any atom is -0.345 e. The van der Waals surface area contributed by atoms with E-state index in [2.05, 4.69) is 17.4 Å². The number of hydrogen-bond acceptors (Lipinski definition) is 3. The molecule has 1 atom stereocenters. The van der Waals surface area contributed by atoms with Crippen LogP contribution in [0.25, 0.3) is 0 Å². The molecule has 0 bridgehead atoms. The first-order chi connectivity index (χ1) is 12.9. The van der Waals surface area contributed by atoms with E-state index in [1.54, 1.807) is 25.5 Å². The van der Waals surface area contributed by atoms with Gasteiger partial charge in [-0.1, -0.05) is 38.1 Å².